The number of hydrogen-bond acceptors (Lipinski definition) is 3. The van der Waals surface area contributed by atoms with Gasteiger partial charge in [-0.15, -0.1) is 0 Å². The predicted molar refractivity (Wildman–Crippen MR) is 87.6 cm³/mol. The van der Waals surface area contributed by atoms with Crippen molar-refractivity contribution < 1.29 is 4.79 Å². The quantitative estimate of drug-likeness (QED) is 0.870. The smallest absolute Gasteiger partial charge is 0.263 e. The number of carbonyl (C=O) groups excluding carboxylic acids is 1. The van der Waals surface area contributed by atoms with E-state index in [9.17, 15) is 4.79 Å². The topological polar surface area (TPSA) is 41.5 Å². The summed E-state index contributed by atoms with van der Waals surface area (Å²) in [6.45, 7) is 4.25. The summed E-state index contributed by atoms with van der Waals surface area (Å²) in [5.74, 6) is 3.38. The summed E-state index contributed by atoms with van der Waals surface area (Å²) in [6.07, 6.45) is 9.03. The van der Waals surface area contributed by atoms with E-state index in [1.165, 1.54) is 25.7 Å². The summed E-state index contributed by atoms with van der Waals surface area (Å²) in [4.78, 5) is 17.0. The average molecular weight is 306 g/mol. The summed E-state index contributed by atoms with van der Waals surface area (Å²) < 4.78 is -0.269. The monoisotopic (exact) mass is 306 g/mol. The molecule has 0 spiro atoms. The van der Waals surface area contributed by atoms with Gasteiger partial charge in [0.2, 0.25) is 0 Å². The Labute approximate surface area is 131 Å². The van der Waals surface area contributed by atoms with Gasteiger partial charge in [0.25, 0.3) is 5.91 Å². The Morgan fingerprint density at radius 2 is 2.05 bits per heavy atom. The summed E-state index contributed by atoms with van der Waals surface area (Å²) >= 11 is 1.81. The molecule has 0 aromatic rings. The van der Waals surface area contributed by atoms with Gasteiger partial charge in [0, 0.05) is 0 Å². The zero-order chi connectivity index (χ0) is 14.4. The molecule has 4 heteroatoms. The normalized spacial score (nSPS) is 43.6. The number of piperidine rings is 1. The fraction of sp³-hybridized carbons (Fsp3) is 0.882. The molecule has 21 heavy (non-hydrogen) atoms. The third-order valence-electron chi connectivity index (χ3n) is 6.42. The summed E-state index contributed by atoms with van der Waals surface area (Å²) in [5, 5.41) is 4.55. The van der Waals surface area contributed by atoms with E-state index in [1.807, 2.05) is 11.8 Å². The van der Waals surface area contributed by atoms with Crippen molar-refractivity contribution in [2.75, 3.05) is 13.1 Å². The molecule has 116 valence electrons. The first-order valence-corrected chi connectivity index (χ1v) is 9.48. The van der Waals surface area contributed by atoms with Crippen LogP contribution < -0.4 is 5.32 Å². The Bertz CT molecular complexity index is 471. The fourth-order valence-electron chi connectivity index (χ4n) is 5.10. The molecule has 4 atom stereocenters. The second kappa shape index (κ2) is 5.38. The lowest BCUT2D eigenvalue weighted by Crippen LogP contribution is -2.42. The van der Waals surface area contributed by atoms with Crippen LogP contribution in [0.2, 0.25) is 0 Å². The van der Waals surface area contributed by atoms with Crippen molar-refractivity contribution in [2.45, 2.75) is 56.6 Å². The molecule has 1 N–H and O–H groups in total. The van der Waals surface area contributed by atoms with Gasteiger partial charge >= 0.3 is 0 Å². The summed E-state index contributed by atoms with van der Waals surface area (Å²) in [7, 11) is 0. The highest BCUT2D eigenvalue weighted by Gasteiger charge is 2.48. The standard InChI is InChI=1S/C17H26N2OS/c1-17(14-4-6-18-7-5-14)16(20)19-15(21-17)10-13-9-11-2-3-12(13)8-11/h11-14,18H,2-10H2,1H3/t11-,12+,13-,17?/m1/s1. The number of fused-ring (bicyclic) bond motifs is 2. The molecule has 1 unspecified atom stereocenters. The van der Waals surface area contributed by atoms with Gasteiger partial charge in [0.1, 0.15) is 4.75 Å². The van der Waals surface area contributed by atoms with E-state index in [2.05, 4.69) is 17.2 Å². The molecular formula is C17H26N2OS. The molecular weight excluding hydrogens is 280 g/mol. The molecule has 2 heterocycles. The van der Waals surface area contributed by atoms with E-state index in [0.29, 0.717) is 5.92 Å². The molecule has 1 amide bonds. The third kappa shape index (κ3) is 2.48. The average Bonchev–Trinajstić information content (AvgIpc) is 3.16. The lowest BCUT2D eigenvalue weighted by atomic mass is 9.84. The highest BCUT2D eigenvalue weighted by atomic mass is 32.2. The Morgan fingerprint density at radius 3 is 2.71 bits per heavy atom. The van der Waals surface area contributed by atoms with Crippen LogP contribution in [0.1, 0.15) is 51.9 Å². The van der Waals surface area contributed by atoms with Crippen LogP contribution >= 0.6 is 11.8 Å². The van der Waals surface area contributed by atoms with Gasteiger partial charge in [0.15, 0.2) is 0 Å². The van der Waals surface area contributed by atoms with Gasteiger partial charge in [0.05, 0.1) is 5.04 Å². The minimum atomic E-state index is -0.269. The molecule has 2 saturated carbocycles. The third-order valence-corrected chi connectivity index (χ3v) is 7.85. The van der Waals surface area contributed by atoms with Crippen LogP contribution in [-0.4, -0.2) is 28.8 Å². The van der Waals surface area contributed by atoms with Gasteiger partial charge in [-0.05, 0) is 82.2 Å². The molecule has 3 nitrogen and oxygen atoms in total. The maximum atomic E-state index is 12.5. The number of aliphatic imine (C=N–C) groups is 1. The minimum Gasteiger partial charge on any atom is -0.317 e. The zero-order valence-corrected chi connectivity index (χ0v) is 13.8. The molecule has 2 bridgehead atoms. The molecule has 0 aromatic heterocycles. The van der Waals surface area contributed by atoms with Crippen LogP contribution in [0.5, 0.6) is 0 Å². The van der Waals surface area contributed by atoms with Crippen LogP contribution in [0, 0.1) is 23.7 Å². The fourth-order valence-corrected chi connectivity index (χ4v) is 6.56. The van der Waals surface area contributed by atoms with Crippen molar-refractivity contribution in [3.8, 4) is 0 Å². The second-order valence-electron chi connectivity index (χ2n) is 7.68. The largest absolute Gasteiger partial charge is 0.317 e. The van der Waals surface area contributed by atoms with Crippen LogP contribution in [0.25, 0.3) is 0 Å². The van der Waals surface area contributed by atoms with E-state index >= 15 is 0 Å². The van der Waals surface area contributed by atoms with E-state index < -0.39 is 0 Å². The molecule has 0 radical (unpaired) electrons. The highest BCUT2D eigenvalue weighted by molar-refractivity contribution is 8.16. The maximum absolute atomic E-state index is 12.5. The second-order valence-corrected chi connectivity index (χ2v) is 9.21. The zero-order valence-electron chi connectivity index (χ0n) is 12.9. The van der Waals surface area contributed by atoms with Crippen LogP contribution in [0.4, 0.5) is 0 Å². The Balaban J connectivity index is 1.42. The number of rotatable bonds is 3. The molecule has 2 aliphatic carbocycles. The van der Waals surface area contributed by atoms with Crippen molar-refractivity contribution in [2.24, 2.45) is 28.7 Å². The van der Waals surface area contributed by atoms with E-state index in [-0.39, 0.29) is 10.7 Å². The Morgan fingerprint density at radius 1 is 1.24 bits per heavy atom. The van der Waals surface area contributed by atoms with Gasteiger partial charge in [-0.1, -0.05) is 18.2 Å². The van der Waals surface area contributed by atoms with Crippen molar-refractivity contribution in [3.63, 3.8) is 0 Å². The maximum Gasteiger partial charge on any atom is 0.263 e. The van der Waals surface area contributed by atoms with Gasteiger partial charge in [-0.3, -0.25) is 4.79 Å². The minimum absolute atomic E-state index is 0.151. The first-order valence-electron chi connectivity index (χ1n) is 8.67. The molecule has 3 fully saturated rings. The van der Waals surface area contributed by atoms with Crippen molar-refractivity contribution in [1.82, 2.24) is 5.32 Å². The number of nitrogens with zero attached hydrogens (tertiary/aromatic N) is 1. The lowest BCUT2D eigenvalue weighted by Gasteiger charge is -2.34. The van der Waals surface area contributed by atoms with Gasteiger partial charge in [-0.2, -0.15) is 0 Å². The summed E-state index contributed by atoms with van der Waals surface area (Å²) in [6, 6.07) is 0. The van der Waals surface area contributed by atoms with Crippen molar-refractivity contribution >= 4 is 22.7 Å². The molecule has 0 aromatic carbocycles. The van der Waals surface area contributed by atoms with Crippen LogP contribution in [0.3, 0.4) is 0 Å². The van der Waals surface area contributed by atoms with Gasteiger partial charge in [-0.25, -0.2) is 4.99 Å². The molecule has 2 aliphatic heterocycles. The van der Waals surface area contributed by atoms with Gasteiger partial charge < -0.3 is 5.32 Å². The first-order chi connectivity index (χ1) is 10.1. The number of thioether (sulfide) groups is 1. The van der Waals surface area contributed by atoms with E-state index in [0.717, 1.165) is 55.1 Å². The molecule has 4 aliphatic rings. The number of nitrogens with one attached hydrogen (secondary N) is 1. The van der Waals surface area contributed by atoms with Crippen LogP contribution in [-0.2, 0) is 4.79 Å². The number of hydrogen-bond donors (Lipinski definition) is 1. The van der Waals surface area contributed by atoms with Crippen molar-refractivity contribution in [1.29, 1.82) is 0 Å². The first kappa shape index (κ1) is 14.3. The number of carbonyl (C=O) groups is 1. The highest BCUT2D eigenvalue weighted by Crippen LogP contribution is 2.52. The van der Waals surface area contributed by atoms with E-state index in [4.69, 9.17) is 0 Å². The Hall–Kier alpha value is -0.350. The predicted octanol–water partition coefficient (Wildman–Crippen LogP) is 3.24. The SMILES string of the molecule is CC1(C2CCNCC2)SC(C[C@H]2C[C@@H]3CC[C@H]2C3)=NC1=O. The number of amides is 1. The van der Waals surface area contributed by atoms with Crippen molar-refractivity contribution in [3.05, 3.63) is 0 Å². The molecule has 4 rings (SSSR count). The lowest BCUT2D eigenvalue weighted by molar-refractivity contribution is -0.120. The molecule has 1 saturated heterocycles. The Kier molecular flexibility index (Phi) is 3.65. The summed E-state index contributed by atoms with van der Waals surface area (Å²) in [5.41, 5.74) is 0. The van der Waals surface area contributed by atoms with Crippen LogP contribution in [0.15, 0.2) is 4.99 Å². The van der Waals surface area contributed by atoms with E-state index in [1.54, 1.807) is 0 Å².